The predicted molar refractivity (Wildman–Crippen MR) is 283 cm³/mol. The number of rotatable bonds is 17. The molecule has 22 heteroatoms. The van der Waals surface area contributed by atoms with Crippen LogP contribution in [0.25, 0.3) is 6.08 Å². The molecular formula is C59H88O22. The van der Waals surface area contributed by atoms with Crippen molar-refractivity contribution in [2.45, 2.75) is 241 Å². The summed E-state index contributed by atoms with van der Waals surface area (Å²) in [6.45, 7) is 11.6. The minimum absolute atomic E-state index is 0.0746. The van der Waals surface area contributed by atoms with Gasteiger partial charge >= 0.3 is 11.9 Å². The highest BCUT2D eigenvalue weighted by molar-refractivity contribution is 5.87. The zero-order valence-electron chi connectivity index (χ0n) is 48.3. The SMILES string of the molecule is CO[C@H]1[C@@H](O)[C@H](O[C@@H]2[C@@H](C)O[C@@H](O[C@H]3[C@@H](OC)C[C@H](O[C@H]4CC[C@@]5(C)[C@@H](CC[C@@H]6[C@@H]5[C@H](OC(=O)C=Cc5ccccc5)[C@@H](OC(C)=O)[C@]5(C)[C@@H](C(C)=O)CC[C@]65O)C4)O[C@@H]3C)C[C@H]2OC)O[C@H](C)[C@H]1O[C@@H]1O[C@H](CO)[C@@H](O)[C@H](O)[C@H]1O. The van der Waals surface area contributed by atoms with Gasteiger partial charge in [0.2, 0.25) is 0 Å². The molecule has 4 aliphatic heterocycles. The van der Waals surface area contributed by atoms with Crippen molar-refractivity contribution in [1.82, 2.24) is 0 Å². The van der Waals surface area contributed by atoms with E-state index in [1.54, 1.807) is 27.0 Å². The smallest absolute Gasteiger partial charge is 0.331 e. The van der Waals surface area contributed by atoms with E-state index in [0.717, 1.165) is 12.0 Å². The summed E-state index contributed by atoms with van der Waals surface area (Å²) in [6, 6.07) is 9.39. The van der Waals surface area contributed by atoms with Crippen molar-refractivity contribution in [3.05, 3.63) is 42.0 Å². The molecule has 9 rings (SSSR count). The van der Waals surface area contributed by atoms with Gasteiger partial charge in [-0.05, 0) is 102 Å². The van der Waals surface area contributed by atoms with Crippen molar-refractivity contribution >= 4 is 23.8 Å². The number of fused-ring (bicyclic) bond motifs is 5. The lowest BCUT2D eigenvalue weighted by Crippen LogP contribution is -2.73. The molecule has 4 aliphatic carbocycles. The Bertz CT molecular complexity index is 2330. The quantitative estimate of drug-likeness (QED) is 0.0743. The van der Waals surface area contributed by atoms with Crippen LogP contribution in [0.1, 0.15) is 112 Å². The molecule has 1 aromatic rings. The van der Waals surface area contributed by atoms with Crippen LogP contribution in [-0.2, 0) is 76.0 Å². The first-order chi connectivity index (χ1) is 38.5. The van der Waals surface area contributed by atoms with E-state index in [0.29, 0.717) is 44.9 Å². The van der Waals surface area contributed by atoms with Crippen LogP contribution < -0.4 is 0 Å². The van der Waals surface area contributed by atoms with Gasteiger partial charge in [-0.2, -0.15) is 0 Å². The zero-order valence-corrected chi connectivity index (χ0v) is 48.3. The van der Waals surface area contributed by atoms with Gasteiger partial charge < -0.3 is 92.2 Å². The third kappa shape index (κ3) is 12.0. The summed E-state index contributed by atoms with van der Waals surface area (Å²) in [6.07, 6.45) is -12.6. The summed E-state index contributed by atoms with van der Waals surface area (Å²) in [4.78, 5) is 40.5. The Morgan fingerprint density at radius 2 is 1.27 bits per heavy atom. The second kappa shape index (κ2) is 25.5. The molecule has 0 radical (unpaired) electrons. The van der Waals surface area contributed by atoms with Gasteiger partial charge in [0.05, 0.1) is 48.8 Å². The van der Waals surface area contributed by atoms with Gasteiger partial charge in [0.15, 0.2) is 25.2 Å². The van der Waals surface area contributed by atoms with Gasteiger partial charge in [0.1, 0.15) is 72.9 Å². The van der Waals surface area contributed by atoms with Crippen LogP contribution in [0.15, 0.2) is 36.4 Å². The van der Waals surface area contributed by atoms with E-state index < -0.39 is 170 Å². The summed E-state index contributed by atoms with van der Waals surface area (Å²) in [5, 5.41) is 65.6. The number of hydrogen-bond donors (Lipinski definition) is 6. The van der Waals surface area contributed by atoms with E-state index in [1.807, 2.05) is 44.2 Å². The maximum absolute atomic E-state index is 14.0. The van der Waals surface area contributed by atoms with Crippen molar-refractivity contribution in [2.24, 2.45) is 34.5 Å². The zero-order chi connectivity index (χ0) is 58.5. The molecule has 28 atom stereocenters. The molecule has 0 bridgehead atoms. The summed E-state index contributed by atoms with van der Waals surface area (Å²) >= 11 is 0. The molecule has 22 nitrogen and oxygen atoms in total. The average Bonchev–Trinajstić information content (AvgIpc) is 2.77. The fourth-order valence-electron chi connectivity index (χ4n) is 15.8. The van der Waals surface area contributed by atoms with Gasteiger partial charge in [-0.1, -0.05) is 44.2 Å². The topological polar surface area (TPSA) is 293 Å². The Hall–Kier alpha value is -3.11. The molecule has 4 saturated heterocycles. The highest BCUT2D eigenvalue weighted by Crippen LogP contribution is 2.70. The van der Waals surface area contributed by atoms with Crippen LogP contribution >= 0.6 is 0 Å². The van der Waals surface area contributed by atoms with Gasteiger partial charge in [0, 0.05) is 64.4 Å². The monoisotopic (exact) mass is 1150 g/mol. The van der Waals surface area contributed by atoms with Gasteiger partial charge in [0.25, 0.3) is 0 Å². The van der Waals surface area contributed by atoms with E-state index in [-0.39, 0.29) is 30.1 Å². The van der Waals surface area contributed by atoms with Crippen molar-refractivity contribution in [1.29, 1.82) is 0 Å². The van der Waals surface area contributed by atoms with Crippen LogP contribution in [0.3, 0.4) is 0 Å². The first-order valence-electron chi connectivity index (χ1n) is 29.0. The largest absolute Gasteiger partial charge is 0.458 e. The minimum atomic E-state index is -1.68. The average molecular weight is 1150 g/mol. The number of ether oxygens (including phenoxy) is 13. The molecular weight excluding hydrogens is 1060 g/mol. The third-order valence-corrected chi connectivity index (χ3v) is 20.0. The normalized spacial score (nSPS) is 48.1. The van der Waals surface area contributed by atoms with Crippen LogP contribution in [0, 0.1) is 34.5 Å². The number of Topliss-reactive ketones (excluding diaryl/α,β-unsaturated/α-hetero) is 1. The lowest BCUT2D eigenvalue weighted by molar-refractivity contribution is -0.373. The maximum atomic E-state index is 14.0. The lowest BCUT2D eigenvalue weighted by atomic mass is 9.41. The maximum Gasteiger partial charge on any atom is 0.331 e. The number of esters is 2. The van der Waals surface area contributed by atoms with Crippen molar-refractivity contribution < 1.29 is 107 Å². The second-order valence-electron chi connectivity index (χ2n) is 24.5. The van der Waals surface area contributed by atoms with E-state index in [2.05, 4.69) is 6.92 Å². The number of hydrogen-bond acceptors (Lipinski definition) is 22. The molecule has 4 saturated carbocycles. The Morgan fingerprint density at radius 1 is 0.654 bits per heavy atom. The molecule has 81 heavy (non-hydrogen) atoms. The van der Waals surface area contributed by atoms with Crippen LogP contribution in [0.4, 0.5) is 0 Å². The lowest BCUT2D eigenvalue weighted by Gasteiger charge is -2.66. The molecule has 0 spiro atoms. The molecule has 8 fully saturated rings. The minimum Gasteiger partial charge on any atom is -0.458 e. The molecule has 6 N–H and O–H groups in total. The number of carbonyl (C=O) groups is 3. The number of carbonyl (C=O) groups excluding carboxylic acids is 3. The van der Waals surface area contributed by atoms with Gasteiger partial charge in [-0.15, -0.1) is 0 Å². The Kier molecular flexibility index (Phi) is 19.6. The molecule has 4 heterocycles. The second-order valence-corrected chi connectivity index (χ2v) is 24.5. The number of aliphatic hydroxyl groups is 6. The van der Waals surface area contributed by atoms with E-state index in [1.165, 1.54) is 34.1 Å². The fraction of sp³-hybridized carbons (Fsp3) is 0.814. The van der Waals surface area contributed by atoms with Crippen LogP contribution in [0.2, 0.25) is 0 Å². The molecule has 456 valence electrons. The highest BCUT2D eigenvalue weighted by Gasteiger charge is 2.76. The standard InChI is InChI=1S/C59H88O22/c1-28(61)36-21-23-59(68)37-18-17-34-24-35(20-22-57(34,6)44(37)52(54(58(36,59)7)75-32(5)62)78-41(63)19-16-33-14-12-11-13-15-33)76-42-25-38(69-8)49(29(2)72-42)79-43-26-39(70-9)50(30(3)73-43)80-56-48(67)53(71-10)51(31(4)74-56)81-55-47(66)46(65)45(64)40(27-60)77-55/h11-16,19,29-31,34-40,42-56,60,64-68H,17-18,20-27H2,1-10H3/t29-,30-,31-,34+,35+,36-,37-,38+,39-,40-,42+,43+,44-,45-,46+,47-,48-,49-,50-,51-,52+,53+,54-,55+,56+,57+,58+,59+/m1/s1. The molecule has 0 unspecified atom stereocenters. The van der Waals surface area contributed by atoms with Gasteiger partial charge in [-0.25, -0.2) is 4.79 Å². The van der Waals surface area contributed by atoms with E-state index in [4.69, 9.17) is 61.6 Å². The molecule has 0 aromatic heterocycles. The molecule has 8 aliphatic rings. The number of ketones is 1. The van der Waals surface area contributed by atoms with Crippen molar-refractivity contribution in [3.63, 3.8) is 0 Å². The number of aliphatic hydroxyl groups excluding tert-OH is 5. The molecule has 0 amide bonds. The Balaban J connectivity index is 0.831. The van der Waals surface area contributed by atoms with E-state index in [9.17, 15) is 45.0 Å². The Morgan fingerprint density at radius 3 is 1.89 bits per heavy atom. The van der Waals surface area contributed by atoms with Crippen molar-refractivity contribution in [3.8, 4) is 0 Å². The molecule has 1 aromatic carbocycles. The highest BCUT2D eigenvalue weighted by atomic mass is 16.8. The summed E-state index contributed by atoms with van der Waals surface area (Å²) in [5.74, 6) is -2.57. The number of benzene rings is 1. The van der Waals surface area contributed by atoms with E-state index >= 15 is 0 Å². The summed E-state index contributed by atoms with van der Waals surface area (Å²) in [7, 11) is 4.52. The Labute approximate surface area is 474 Å². The summed E-state index contributed by atoms with van der Waals surface area (Å²) < 4.78 is 81.1. The summed E-state index contributed by atoms with van der Waals surface area (Å²) in [5.41, 5.74) is -2.25. The van der Waals surface area contributed by atoms with Crippen molar-refractivity contribution in [2.75, 3.05) is 27.9 Å². The first kappa shape index (κ1) is 62.4. The van der Waals surface area contributed by atoms with Gasteiger partial charge in [-0.3, -0.25) is 9.59 Å². The third-order valence-electron chi connectivity index (χ3n) is 20.0. The number of methoxy groups -OCH3 is 3. The fourth-order valence-corrected chi connectivity index (χ4v) is 15.8. The van der Waals surface area contributed by atoms with Crippen LogP contribution in [0.5, 0.6) is 0 Å². The van der Waals surface area contributed by atoms with Crippen LogP contribution in [-0.4, -0.2) is 211 Å². The predicted octanol–water partition coefficient (Wildman–Crippen LogP) is 2.89. The first-order valence-corrected chi connectivity index (χ1v) is 29.0.